The van der Waals surface area contributed by atoms with E-state index in [2.05, 4.69) is 21.4 Å². The van der Waals surface area contributed by atoms with Gasteiger partial charge in [0.05, 0.1) is 22.2 Å². The van der Waals surface area contributed by atoms with Gasteiger partial charge in [0.15, 0.2) is 6.61 Å². The second-order valence-electron chi connectivity index (χ2n) is 8.32. The van der Waals surface area contributed by atoms with E-state index in [0.29, 0.717) is 22.6 Å². The Morgan fingerprint density at radius 3 is 2.40 bits per heavy atom. The number of H-pyrrole nitrogens is 1. The summed E-state index contributed by atoms with van der Waals surface area (Å²) in [5.74, 6) is -0.546. The van der Waals surface area contributed by atoms with E-state index in [-0.39, 0.29) is 0 Å². The molecule has 0 atom stereocenters. The Morgan fingerprint density at radius 2 is 1.71 bits per heavy atom. The fourth-order valence-corrected chi connectivity index (χ4v) is 3.48. The zero-order valence-corrected chi connectivity index (χ0v) is 19.7. The highest BCUT2D eigenvalue weighted by molar-refractivity contribution is 5.96. The molecule has 1 aromatic heterocycles. The van der Waals surface area contributed by atoms with E-state index in [1.54, 1.807) is 42.5 Å². The van der Waals surface area contributed by atoms with Gasteiger partial charge in [-0.2, -0.15) is 5.26 Å². The van der Waals surface area contributed by atoms with Gasteiger partial charge in [0.2, 0.25) is 0 Å². The normalized spacial score (nSPS) is 11.2. The van der Waals surface area contributed by atoms with Crippen molar-refractivity contribution in [3.63, 3.8) is 0 Å². The number of rotatable bonds is 6. The minimum Gasteiger partial charge on any atom is -0.452 e. The first-order valence-corrected chi connectivity index (χ1v) is 11.1. The molecule has 0 saturated carbocycles. The Bertz CT molecular complexity index is 1430. The number of amides is 1. The first-order chi connectivity index (χ1) is 16.8. The van der Waals surface area contributed by atoms with Crippen LogP contribution in [0.5, 0.6) is 0 Å². The summed E-state index contributed by atoms with van der Waals surface area (Å²) in [7, 11) is 0. The molecular formula is C28H24N4O3. The number of benzene rings is 3. The van der Waals surface area contributed by atoms with E-state index in [9.17, 15) is 14.9 Å². The van der Waals surface area contributed by atoms with Gasteiger partial charge in [-0.3, -0.25) is 4.79 Å². The second-order valence-corrected chi connectivity index (χ2v) is 8.32. The number of nitriles is 1. The van der Waals surface area contributed by atoms with Crippen molar-refractivity contribution in [1.29, 1.82) is 5.26 Å². The fraction of sp³-hybridized carbons (Fsp3) is 0.143. The lowest BCUT2D eigenvalue weighted by molar-refractivity contribution is -0.119. The van der Waals surface area contributed by atoms with Crippen LogP contribution in [0.25, 0.3) is 22.7 Å². The van der Waals surface area contributed by atoms with Crippen molar-refractivity contribution >= 4 is 40.2 Å². The number of carbonyl (C=O) groups is 2. The lowest BCUT2D eigenvalue weighted by atomic mass is 10.1. The maximum Gasteiger partial charge on any atom is 0.338 e. The predicted octanol–water partition coefficient (Wildman–Crippen LogP) is 5.35. The number of allylic oxidation sites excluding steroid dienone is 1. The van der Waals surface area contributed by atoms with Crippen LogP contribution in [-0.2, 0) is 9.53 Å². The highest BCUT2D eigenvalue weighted by Gasteiger charge is 2.12. The largest absolute Gasteiger partial charge is 0.452 e. The molecule has 0 bridgehead atoms. The number of imidazole rings is 1. The Kier molecular flexibility index (Phi) is 6.74. The minimum atomic E-state index is -0.608. The molecule has 0 aliphatic heterocycles. The number of fused-ring (bicyclic) bond motifs is 1. The maximum atomic E-state index is 12.3. The highest BCUT2D eigenvalue weighted by atomic mass is 16.5. The number of carbonyl (C=O) groups excluding carboxylic acids is 2. The molecule has 174 valence electrons. The molecule has 0 aliphatic carbocycles. The zero-order valence-electron chi connectivity index (χ0n) is 19.7. The summed E-state index contributed by atoms with van der Waals surface area (Å²) in [6, 6.07) is 20.1. The second kappa shape index (κ2) is 10.1. The molecule has 4 rings (SSSR count). The highest BCUT2D eigenvalue weighted by Crippen LogP contribution is 2.22. The summed E-state index contributed by atoms with van der Waals surface area (Å²) in [5.41, 5.74) is 7.07. The van der Waals surface area contributed by atoms with Crippen molar-refractivity contribution in [2.45, 2.75) is 20.8 Å². The number of anilines is 1. The lowest BCUT2D eigenvalue weighted by Crippen LogP contribution is -2.20. The summed E-state index contributed by atoms with van der Waals surface area (Å²) in [4.78, 5) is 32.1. The van der Waals surface area contributed by atoms with Crippen LogP contribution in [0.2, 0.25) is 0 Å². The van der Waals surface area contributed by atoms with Gasteiger partial charge in [-0.15, -0.1) is 0 Å². The van der Waals surface area contributed by atoms with Crippen LogP contribution in [0.15, 0.2) is 60.7 Å². The van der Waals surface area contributed by atoms with Crippen molar-refractivity contribution in [2.24, 2.45) is 0 Å². The molecule has 4 aromatic rings. The smallest absolute Gasteiger partial charge is 0.338 e. The van der Waals surface area contributed by atoms with Crippen molar-refractivity contribution in [2.75, 3.05) is 11.9 Å². The fourth-order valence-electron chi connectivity index (χ4n) is 3.48. The predicted molar refractivity (Wildman–Crippen MR) is 136 cm³/mol. The third-order valence-corrected chi connectivity index (χ3v) is 5.60. The molecule has 0 radical (unpaired) electrons. The first kappa shape index (κ1) is 23.5. The number of nitrogens with one attached hydrogen (secondary N) is 2. The number of aryl methyl sites for hydroxylation is 3. The molecule has 0 spiro atoms. The van der Waals surface area contributed by atoms with Crippen molar-refractivity contribution in [3.05, 3.63) is 94.3 Å². The van der Waals surface area contributed by atoms with Crippen LogP contribution in [0.4, 0.5) is 5.69 Å². The summed E-state index contributed by atoms with van der Waals surface area (Å²) in [6.07, 6.45) is 1.70. The summed E-state index contributed by atoms with van der Waals surface area (Å²) >= 11 is 0. The molecule has 2 N–H and O–H groups in total. The number of nitrogens with zero attached hydrogens (tertiary/aromatic N) is 2. The van der Waals surface area contributed by atoms with Crippen LogP contribution in [0.1, 0.15) is 38.4 Å². The summed E-state index contributed by atoms with van der Waals surface area (Å²) < 4.78 is 5.12. The number of hydrogen-bond donors (Lipinski definition) is 2. The van der Waals surface area contributed by atoms with E-state index < -0.39 is 18.5 Å². The van der Waals surface area contributed by atoms with Crippen LogP contribution in [0, 0.1) is 32.1 Å². The topological polar surface area (TPSA) is 108 Å². The van der Waals surface area contributed by atoms with Gasteiger partial charge in [-0.1, -0.05) is 29.8 Å². The molecule has 0 saturated heterocycles. The van der Waals surface area contributed by atoms with Crippen molar-refractivity contribution < 1.29 is 14.3 Å². The van der Waals surface area contributed by atoms with E-state index in [0.717, 1.165) is 33.3 Å². The Balaban J connectivity index is 1.41. The SMILES string of the molecule is Cc1ccc(NC(=O)COC(=O)c2ccc(C=C(C#N)c3nc4cc(C)c(C)cc4[nH]3)cc2)cc1. The van der Waals surface area contributed by atoms with Crippen molar-refractivity contribution in [1.82, 2.24) is 9.97 Å². The number of aromatic amines is 1. The number of hydrogen-bond acceptors (Lipinski definition) is 5. The molecule has 0 fully saturated rings. The van der Waals surface area contributed by atoms with Gasteiger partial charge in [0, 0.05) is 5.69 Å². The Morgan fingerprint density at radius 1 is 1.03 bits per heavy atom. The average Bonchev–Trinajstić information content (AvgIpc) is 3.25. The molecular weight excluding hydrogens is 440 g/mol. The molecule has 1 amide bonds. The molecule has 7 heteroatoms. The van der Waals surface area contributed by atoms with Crippen LogP contribution in [0.3, 0.4) is 0 Å². The van der Waals surface area contributed by atoms with Crippen LogP contribution < -0.4 is 5.32 Å². The summed E-state index contributed by atoms with van der Waals surface area (Å²) in [6.45, 7) is 5.61. The standard InChI is InChI=1S/C28H24N4O3/c1-17-4-10-23(11-5-17)30-26(33)16-35-28(34)21-8-6-20(7-9-21)14-22(15-29)27-31-24-12-18(2)19(3)13-25(24)32-27/h4-14H,16H2,1-3H3,(H,30,33)(H,31,32). The molecule has 0 aliphatic rings. The third kappa shape index (κ3) is 5.63. The van der Waals surface area contributed by atoms with Gasteiger partial charge in [-0.05, 0) is 79.9 Å². The minimum absolute atomic E-state index is 0.304. The Hall–Kier alpha value is -4.70. The third-order valence-electron chi connectivity index (χ3n) is 5.60. The van der Waals surface area contributed by atoms with E-state index >= 15 is 0 Å². The molecule has 0 unspecified atom stereocenters. The Labute approximate surface area is 203 Å². The van der Waals surface area contributed by atoms with Gasteiger partial charge < -0.3 is 15.0 Å². The molecule has 1 heterocycles. The van der Waals surface area contributed by atoms with Crippen molar-refractivity contribution in [3.8, 4) is 6.07 Å². The van der Waals surface area contributed by atoms with Crippen LogP contribution >= 0.6 is 0 Å². The zero-order chi connectivity index (χ0) is 24.9. The van der Waals surface area contributed by atoms with Gasteiger partial charge in [0.25, 0.3) is 5.91 Å². The van der Waals surface area contributed by atoms with Gasteiger partial charge in [0.1, 0.15) is 11.9 Å². The average molecular weight is 465 g/mol. The number of aromatic nitrogens is 2. The van der Waals surface area contributed by atoms with E-state index in [4.69, 9.17) is 4.74 Å². The maximum absolute atomic E-state index is 12.3. The molecule has 3 aromatic carbocycles. The molecule has 35 heavy (non-hydrogen) atoms. The first-order valence-electron chi connectivity index (χ1n) is 11.1. The quantitative estimate of drug-likeness (QED) is 0.295. The number of ether oxygens (including phenoxy) is 1. The lowest BCUT2D eigenvalue weighted by Gasteiger charge is -2.07. The molecule has 7 nitrogen and oxygen atoms in total. The van der Waals surface area contributed by atoms with Gasteiger partial charge >= 0.3 is 5.97 Å². The van der Waals surface area contributed by atoms with E-state index in [1.165, 1.54) is 0 Å². The monoisotopic (exact) mass is 464 g/mol. The van der Waals surface area contributed by atoms with Crippen LogP contribution in [-0.4, -0.2) is 28.5 Å². The summed E-state index contributed by atoms with van der Waals surface area (Å²) in [5, 5.41) is 12.3. The van der Waals surface area contributed by atoms with Gasteiger partial charge in [-0.25, -0.2) is 9.78 Å². The van der Waals surface area contributed by atoms with E-state index in [1.807, 2.05) is 45.0 Å². The number of esters is 1.